The Morgan fingerprint density at radius 2 is 1.74 bits per heavy atom. The van der Waals surface area contributed by atoms with Crippen molar-refractivity contribution in [2.75, 3.05) is 7.05 Å². The van der Waals surface area contributed by atoms with Crippen molar-refractivity contribution in [1.29, 1.82) is 0 Å². The first-order valence-corrected chi connectivity index (χ1v) is 8.85. The van der Waals surface area contributed by atoms with Gasteiger partial charge in [-0.05, 0) is 38.5 Å². The van der Waals surface area contributed by atoms with Crippen molar-refractivity contribution in [3.05, 3.63) is 71.8 Å². The number of imidazole rings is 1. The van der Waals surface area contributed by atoms with E-state index in [4.69, 9.17) is 0 Å². The average Bonchev–Trinajstić information content (AvgIpc) is 3.00. The normalized spacial score (nSPS) is 11.4. The largest absolute Gasteiger partial charge is 0.345 e. The standard InChI is InChI=1S/C21H24N4O2/c1-21(2,3)23-19(26)18-22-17(16-12-8-9-13-25(16)18)20(27)24(4)14-15-10-6-5-7-11-15/h5-13H,14H2,1-4H3,(H,23,26). The minimum Gasteiger partial charge on any atom is -0.345 e. The third-order valence-corrected chi connectivity index (χ3v) is 4.05. The van der Waals surface area contributed by atoms with Crippen LogP contribution in [-0.4, -0.2) is 38.7 Å². The van der Waals surface area contributed by atoms with Crippen LogP contribution in [0.15, 0.2) is 54.7 Å². The predicted molar refractivity (Wildman–Crippen MR) is 105 cm³/mol. The van der Waals surface area contributed by atoms with Gasteiger partial charge in [-0.1, -0.05) is 36.4 Å². The minimum absolute atomic E-state index is 0.206. The number of carbonyl (C=O) groups excluding carboxylic acids is 2. The molecular formula is C21H24N4O2. The van der Waals surface area contributed by atoms with Crippen molar-refractivity contribution in [2.45, 2.75) is 32.9 Å². The van der Waals surface area contributed by atoms with Crippen molar-refractivity contribution in [3.8, 4) is 0 Å². The number of nitrogens with one attached hydrogen (secondary N) is 1. The monoisotopic (exact) mass is 364 g/mol. The van der Waals surface area contributed by atoms with Gasteiger partial charge in [0.2, 0.25) is 5.82 Å². The van der Waals surface area contributed by atoms with Gasteiger partial charge in [0, 0.05) is 25.3 Å². The molecule has 1 aromatic carbocycles. The van der Waals surface area contributed by atoms with Crippen LogP contribution in [-0.2, 0) is 6.54 Å². The quantitative estimate of drug-likeness (QED) is 0.773. The smallest absolute Gasteiger partial charge is 0.288 e. The lowest BCUT2D eigenvalue weighted by atomic mass is 10.1. The maximum absolute atomic E-state index is 13.0. The average molecular weight is 364 g/mol. The molecule has 0 aliphatic heterocycles. The topological polar surface area (TPSA) is 66.7 Å². The van der Waals surface area contributed by atoms with E-state index in [1.54, 1.807) is 28.6 Å². The summed E-state index contributed by atoms with van der Waals surface area (Å²) in [5.41, 5.74) is 1.52. The number of benzene rings is 1. The molecule has 0 spiro atoms. The first-order chi connectivity index (χ1) is 12.8. The van der Waals surface area contributed by atoms with E-state index in [2.05, 4.69) is 10.3 Å². The molecule has 27 heavy (non-hydrogen) atoms. The molecule has 0 aliphatic carbocycles. The van der Waals surface area contributed by atoms with E-state index in [1.807, 2.05) is 63.2 Å². The third kappa shape index (κ3) is 4.16. The zero-order valence-electron chi connectivity index (χ0n) is 16.1. The summed E-state index contributed by atoms with van der Waals surface area (Å²) in [5, 5.41) is 2.90. The van der Waals surface area contributed by atoms with Gasteiger partial charge in [0.15, 0.2) is 5.69 Å². The highest BCUT2D eigenvalue weighted by atomic mass is 16.2. The molecule has 0 fully saturated rings. The number of rotatable bonds is 4. The van der Waals surface area contributed by atoms with Gasteiger partial charge in [0.1, 0.15) is 0 Å². The second-order valence-electron chi connectivity index (χ2n) is 7.59. The molecule has 3 aromatic rings. The van der Waals surface area contributed by atoms with Gasteiger partial charge in [-0.3, -0.25) is 14.0 Å². The van der Waals surface area contributed by atoms with Crippen LogP contribution >= 0.6 is 0 Å². The highest BCUT2D eigenvalue weighted by molar-refractivity contribution is 6.02. The zero-order valence-corrected chi connectivity index (χ0v) is 16.1. The van der Waals surface area contributed by atoms with Crippen LogP contribution in [0.3, 0.4) is 0 Å². The fraction of sp³-hybridized carbons (Fsp3) is 0.286. The molecule has 0 aliphatic rings. The van der Waals surface area contributed by atoms with Crippen molar-refractivity contribution in [3.63, 3.8) is 0 Å². The summed E-state index contributed by atoms with van der Waals surface area (Å²) in [5.74, 6) is -0.331. The van der Waals surface area contributed by atoms with E-state index in [-0.39, 0.29) is 23.3 Å². The van der Waals surface area contributed by atoms with E-state index in [0.29, 0.717) is 12.1 Å². The maximum atomic E-state index is 13.0. The molecule has 0 atom stereocenters. The summed E-state index contributed by atoms with van der Waals surface area (Å²) in [6.07, 6.45) is 1.74. The third-order valence-electron chi connectivity index (χ3n) is 4.05. The van der Waals surface area contributed by atoms with Crippen LogP contribution < -0.4 is 5.32 Å². The Kier molecular flexibility index (Phi) is 4.99. The second kappa shape index (κ2) is 7.23. The van der Waals surface area contributed by atoms with Gasteiger partial charge in [-0.15, -0.1) is 0 Å². The Labute approximate surface area is 158 Å². The second-order valence-corrected chi connectivity index (χ2v) is 7.59. The molecular weight excluding hydrogens is 340 g/mol. The van der Waals surface area contributed by atoms with Crippen molar-refractivity contribution in [2.24, 2.45) is 0 Å². The van der Waals surface area contributed by atoms with Gasteiger partial charge in [-0.2, -0.15) is 0 Å². The lowest BCUT2D eigenvalue weighted by Gasteiger charge is -2.19. The molecule has 0 saturated carbocycles. The zero-order chi connectivity index (χ0) is 19.6. The number of carbonyl (C=O) groups is 2. The fourth-order valence-electron chi connectivity index (χ4n) is 2.86. The fourth-order valence-corrected chi connectivity index (χ4v) is 2.86. The Morgan fingerprint density at radius 1 is 1.07 bits per heavy atom. The lowest BCUT2D eigenvalue weighted by molar-refractivity contribution is 0.0782. The van der Waals surface area contributed by atoms with Crippen LogP contribution in [0.2, 0.25) is 0 Å². The van der Waals surface area contributed by atoms with E-state index in [1.165, 1.54) is 0 Å². The van der Waals surface area contributed by atoms with Crippen LogP contribution in [0.4, 0.5) is 0 Å². The molecule has 3 rings (SSSR count). The molecule has 6 nitrogen and oxygen atoms in total. The summed E-state index contributed by atoms with van der Waals surface area (Å²) >= 11 is 0. The number of pyridine rings is 1. The summed E-state index contributed by atoms with van der Waals surface area (Å²) < 4.78 is 1.66. The molecule has 2 amide bonds. The van der Waals surface area contributed by atoms with Gasteiger partial charge < -0.3 is 10.2 Å². The Bertz CT molecular complexity index is 971. The highest BCUT2D eigenvalue weighted by Crippen LogP contribution is 2.17. The number of aromatic nitrogens is 2. The Hall–Kier alpha value is -3.15. The van der Waals surface area contributed by atoms with E-state index < -0.39 is 5.54 Å². The van der Waals surface area contributed by atoms with Gasteiger partial charge in [-0.25, -0.2) is 4.98 Å². The lowest BCUT2D eigenvalue weighted by Crippen LogP contribution is -2.41. The number of hydrogen-bond donors (Lipinski definition) is 1. The van der Waals surface area contributed by atoms with Crippen LogP contribution in [0, 0.1) is 0 Å². The van der Waals surface area contributed by atoms with Crippen LogP contribution in [0.1, 0.15) is 47.4 Å². The first kappa shape index (κ1) is 18.6. The first-order valence-electron chi connectivity index (χ1n) is 8.85. The number of fused-ring (bicyclic) bond motifs is 1. The number of nitrogens with zero attached hydrogens (tertiary/aromatic N) is 3. The molecule has 1 N–H and O–H groups in total. The van der Waals surface area contributed by atoms with Crippen LogP contribution in [0.25, 0.3) is 5.52 Å². The number of hydrogen-bond acceptors (Lipinski definition) is 3. The molecule has 6 heteroatoms. The molecule has 2 aromatic heterocycles. The highest BCUT2D eigenvalue weighted by Gasteiger charge is 2.25. The summed E-state index contributed by atoms with van der Waals surface area (Å²) in [4.78, 5) is 31.7. The van der Waals surface area contributed by atoms with Crippen LogP contribution in [0.5, 0.6) is 0 Å². The predicted octanol–water partition coefficient (Wildman–Crippen LogP) is 3.13. The number of amides is 2. The Balaban J connectivity index is 1.94. The minimum atomic E-state index is -0.397. The molecule has 0 saturated heterocycles. The van der Waals surface area contributed by atoms with E-state index in [0.717, 1.165) is 5.56 Å². The van der Waals surface area contributed by atoms with Gasteiger partial charge in [0.05, 0.1) is 5.52 Å². The molecule has 2 heterocycles. The summed E-state index contributed by atoms with van der Waals surface area (Å²) in [6, 6.07) is 15.2. The Morgan fingerprint density at radius 3 is 2.41 bits per heavy atom. The molecule has 0 bridgehead atoms. The van der Waals surface area contributed by atoms with E-state index in [9.17, 15) is 9.59 Å². The van der Waals surface area contributed by atoms with E-state index >= 15 is 0 Å². The SMILES string of the molecule is CN(Cc1ccccc1)C(=O)c1nc(C(=O)NC(C)(C)C)n2ccccc12. The van der Waals surface area contributed by atoms with Crippen molar-refractivity contribution in [1.82, 2.24) is 19.6 Å². The van der Waals surface area contributed by atoms with Crippen molar-refractivity contribution >= 4 is 17.3 Å². The molecule has 0 unspecified atom stereocenters. The molecule has 0 radical (unpaired) electrons. The maximum Gasteiger partial charge on any atom is 0.288 e. The summed E-state index contributed by atoms with van der Waals surface area (Å²) in [7, 11) is 1.73. The van der Waals surface area contributed by atoms with Crippen molar-refractivity contribution < 1.29 is 9.59 Å². The van der Waals surface area contributed by atoms with Gasteiger partial charge >= 0.3 is 0 Å². The summed E-state index contributed by atoms with van der Waals surface area (Å²) in [6.45, 7) is 6.18. The van der Waals surface area contributed by atoms with Gasteiger partial charge in [0.25, 0.3) is 11.8 Å². The molecule has 140 valence electrons.